The van der Waals surface area contributed by atoms with Crippen LogP contribution in [0.15, 0.2) is 54.9 Å². The number of nitrogens with two attached hydrogens (primary N) is 1. The number of benzene rings is 2. The Hall–Kier alpha value is -4.05. The summed E-state index contributed by atoms with van der Waals surface area (Å²) in [6, 6.07) is 12.2. The topological polar surface area (TPSA) is 143 Å². The van der Waals surface area contributed by atoms with Crippen LogP contribution in [0.4, 0.5) is 10.5 Å². The van der Waals surface area contributed by atoms with E-state index >= 15 is 0 Å². The highest BCUT2D eigenvalue weighted by molar-refractivity contribution is 5.92. The number of aliphatic hydroxyl groups is 1. The van der Waals surface area contributed by atoms with E-state index in [1.54, 1.807) is 36.5 Å². The monoisotopic (exact) mass is 467 g/mol. The third-order valence-electron chi connectivity index (χ3n) is 5.14. The minimum atomic E-state index is -0.905. The van der Waals surface area contributed by atoms with Gasteiger partial charge in [-0.1, -0.05) is 18.2 Å². The average molecular weight is 468 g/mol. The van der Waals surface area contributed by atoms with Gasteiger partial charge in [0.2, 0.25) is 0 Å². The molecule has 180 valence electrons. The normalized spacial score (nSPS) is 11.5. The highest BCUT2D eigenvalue weighted by Gasteiger charge is 2.19. The highest BCUT2D eigenvalue weighted by atomic mass is 16.5. The van der Waals surface area contributed by atoms with Gasteiger partial charge in [0.15, 0.2) is 6.10 Å². The molecule has 0 saturated heterocycles. The fourth-order valence-corrected chi connectivity index (χ4v) is 3.26. The van der Waals surface area contributed by atoms with Gasteiger partial charge >= 0.3 is 6.03 Å². The Bertz CT molecular complexity index is 1100. The van der Waals surface area contributed by atoms with Crippen LogP contribution in [0.5, 0.6) is 11.5 Å². The van der Waals surface area contributed by atoms with Crippen LogP contribution >= 0.6 is 0 Å². The maximum atomic E-state index is 13.2. The summed E-state index contributed by atoms with van der Waals surface area (Å²) in [5.74, 6) is 0.349. The molecule has 10 nitrogen and oxygen atoms in total. The number of urea groups is 1. The summed E-state index contributed by atoms with van der Waals surface area (Å²) in [6.07, 6.45) is 2.88. The molecule has 3 aromatic rings. The maximum Gasteiger partial charge on any atom is 0.322 e. The lowest BCUT2D eigenvalue weighted by Gasteiger charge is -2.24. The molecule has 0 aliphatic heterocycles. The molecule has 1 unspecified atom stereocenters. The lowest BCUT2D eigenvalue weighted by molar-refractivity contribution is -0.123. The van der Waals surface area contributed by atoms with Crippen molar-refractivity contribution in [1.82, 2.24) is 15.1 Å². The van der Waals surface area contributed by atoms with Crippen molar-refractivity contribution in [3.05, 3.63) is 60.4 Å². The van der Waals surface area contributed by atoms with Crippen molar-refractivity contribution >= 4 is 17.6 Å². The number of primary amides is 1. The van der Waals surface area contributed by atoms with Crippen molar-refractivity contribution in [2.75, 3.05) is 25.6 Å². The molecule has 5 N–H and O–H groups in total. The van der Waals surface area contributed by atoms with Crippen LogP contribution in [0.3, 0.4) is 0 Å². The second-order valence-electron chi connectivity index (χ2n) is 7.64. The molecule has 3 amide bonds. The van der Waals surface area contributed by atoms with E-state index in [1.165, 1.54) is 6.92 Å². The number of anilines is 1. The highest BCUT2D eigenvalue weighted by Crippen LogP contribution is 2.32. The van der Waals surface area contributed by atoms with E-state index in [9.17, 15) is 14.7 Å². The number of H-pyrrole nitrogens is 1. The van der Waals surface area contributed by atoms with Crippen LogP contribution in [0.25, 0.3) is 11.1 Å². The number of nitrogens with one attached hydrogen (secondary N) is 2. The number of aromatic amines is 1. The van der Waals surface area contributed by atoms with Crippen molar-refractivity contribution in [2.45, 2.75) is 26.0 Å². The zero-order valence-corrected chi connectivity index (χ0v) is 19.2. The Morgan fingerprint density at radius 2 is 2.06 bits per heavy atom. The Kier molecular flexibility index (Phi) is 8.47. The minimum Gasteiger partial charge on any atom is -0.497 e. The van der Waals surface area contributed by atoms with Gasteiger partial charge in [-0.25, -0.2) is 4.79 Å². The molecule has 0 spiro atoms. The second-order valence-corrected chi connectivity index (χ2v) is 7.64. The fraction of sp³-hybridized carbons (Fsp3) is 0.292. The molecule has 1 atom stereocenters. The van der Waals surface area contributed by atoms with Crippen LogP contribution in [0, 0.1) is 0 Å². The number of hydrogen-bond donors (Lipinski definition) is 4. The first-order valence-electron chi connectivity index (χ1n) is 10.8. The molecule has 2 aromatic carbocycles. The number of aliphatic hydroxyl groups excluding tert-OH is 1. The van der Waals surface area contributed by atoms with Gasteiger partial charge in [0.25, 0.3) is 5.91 Å². The van der Waals surface area contributed by atoms with E-state index in [1.807, 2.05) is 30.3 Å². The molecule has 0 aliphatic rings. The molecule has 1 aromatic heterocycles. The average Bonchev–Trinajstić information content (AvgIpc) is 3.37. The lowest BCUT2D eigenvalue weighted by Crippen LogP contribution is -2.36. The molecule has 34 heavy (non-hydrogen) atoms. The third kappa shape index (κ3) is 6.48. The smallest absolute Gasteiger partial charge is 0.322 e. The van der Waals surface area contributed by atoms with Crippen molar-refractivity contribution in [3.63, 3.8) is 0 Å². The van der Waals surface area contributed by atoms with E-state index in [0.29, 0.717) is 36.7 Å². The quantitative estimate of drug-likeness (QED) is 0.341. The number of hydrogen-bond acceptors (Lipinski definition) is 6. The molecule has 0 aliphatic carbocycles. The number of nitrogens with zero attached hydrogens (tertiary/aromatic N) is 2. The zero-order chi connectivity index (χ0) is 24.5. The number of carbonyl (C=O) groups is 2. The fourth-order valence-electron chi connectivity index (χ4n) is 3.26. The number of carbonyl (C=O) groups excluding carboxylic acids is 2. The second kappa shape index (κ2) is 11.7. The Morgan fingerprint density at radius 1 is 1.24 bits per heavy atom. The predicted octanol–water partition coefficient (Wildman–Crippen LogP) is 2.75. The largest absolute Gasteiger partial charge is 0.497 e. The number of methoxy groups -OCH3 is 1. The zero-order valence-electron chi connectivity index (χ0n) is 19.2. The number of ether oxygens (including phenoxy) is 2. The third-order valence-corrected chi connectivity index (χ3v) is 5.14. The van der Waals surface area contributed by atoms with Gasteiger partial charge in [0.05, 0.1) is 19.0 Å². The molecule has 0 bridgehead atoms. The van der Waals surface area contributed by atoms with E-state index in [4.69, 9.17) is 15.2 Å². The summed E-state index contributed by atoms with van der Waals surface area (Å²) in [5.41, 5.74) is 8.23. The summed E-state index contributed by atoms with van der Waals surface area (Å²) in [4.78, 5) is 26.4. The summed E-state index contributed by atoms with van der Waals surface area (Å²) in [7, 11) is 1.58. The Balaban J connectivity index is 1.85. The molecule has 1 heterocycles. The number of amides is 3. The van der Waals surface area contributed by atoms with Gasteiger partial charge < -0.3 is 30.5 Å². The lowest BCUT2D eigenvalue weighted by atomic mass is 10.1. The summed E-state index contributed by atoms with van der Waals surface area (Å²) in [6.45, 7) is 2.13. The molecule has 0 radical (unpaired) electrons. The molecule has 10 heteroatoms. The van der Waals surface area contributed by atoms with Gasteiger partial charge in [-0.15, -0.1) is 0 Å². The van der Waals surface area contributed by atoms with Gasteiger partial charge in [0, 0.05) is 31.5 Å². The van der Waals surface area contributed by atoms with Crippen molar-refractivity contribution in [3.8, 4) is 22.6 Å². The standard InChI is InChI=1S/C24H29N5O5/c1-16(23(25)31)34-22-12-18(19-13-26-27-14-19)7-8-21(22)28-24(32)29(9-4-10-30)15-17-5-3-6-20(11-17)33-2/h3,5-8,11-14,16,30H,4,9-10,15H2,1-2H3,(H2,25,31)(H,26,27)(H,28,32). The minimum absolute atomic E-state index is 0.0498. The van der Waals surface area contributed by atoms with E-state index in [-0.39, 0.29) is 12.6 Å². The van der Waals surface area contributed by atoms with Gasteiger partial charge in [-0.2, -0.15) is 5.10 Å². The summed E-state index contributed by atoms with van der Waals surface area (Å²) < 4.78 is 11.0. The first-order valence-corrected chi connectivity index (χ1v) is 10.8. The van der Waals surface area contributed by atoms with Crippen LogP contribution in [0.1, 0.15) is 18.9 Å². The predicted molar refractivity (Wildman–Crippen MR) is 127 cm³/mol. The van der Waals surface area contributed by atoms with Crippen LogP contribution in [-0.4, -0.2) is 58.5 Å². The summed E-state index contributed by atoms with van der Waals surface area (Å²) in [5, 5.41) is 18.9. The molecular formula is C24H29N5O5. The first-order chi connectivity index (χ1) is 16.4. The van der Waals surface area contributed by atoms with E-state index in [0.717, 1.165) is 16.7 Å². The summed E-state index contributed by atoms with van der Waals surface area (Å²) >= 11 is 0. The van der Waals surface area contributed by atoms with Gasteiger partial charge in [-0.3, -0.25) is 9.89 Å². The van der Waals surface area contributed by atoms with Crippen molar-refractivity contribution in [1.29, 1.82) is 0 Å². The van der Waals surface area contributed by atoms with Crippen molar-refractivity contribution in [2.24, 2.45) is 5.73 Å². The maximum absolute atomic E-state index is 13.2. The SMILES string of the molecule is COc1cccc(CN(CCCO)C(=O)Nc2ccc(-c3cn[nH]c3)cc2OC(C)C(N)=O)c1. The van der Waals surface area contributed by atoms with E-state index < -0.39 is 12.0 Å². The first kappa shape index (κ1) is 24.6. The molecule has 3 rings (SSSR count). The molecular weight excluding hydrogens is 438 g/mol. The number of aromatic nitrogens is 2. The van der Waals surface area contributed by atoms with Crippen LogP contribution < -0.4 is 20.5 Å². The van der Waals surface area contributed by atoms with Gasteiger partial charge in [-0.05, 0) is 48.7 Å². The van der Waals surface area contributed by atoms with Gasteiger partial charge in [0.1, 0.15) is 11.5 Å². The van der Waals surface area contributed by atoms with Crippen LogP contribution in [-0.2, 0) is 11.3 Å². The van der Waals surface area contributed by atoms with Crippen molar-refractivity contribution < 1.29 is 24.2 Å². The van der Waals surface area contributed by atoms with Crippen LogP contribution in [0.2, 0.25) is 0 Å². The number of rotatable bonds is 11. The Morgan fingerprint density at radius 3 is 2.74 bits per heavy atom. The molecule has 0 saturated carbocycles. The Labute approximate surface area is 197 Å². The van der Waals surface area contributed by atoms with E-state index in [2.05, 4.69) is 15.5 Å². The molecule has 0 fully saturated rings.